The molecule has 1 amide bonds. The van der Waals surface area contributed by atoms with Gasteiger partial charge in [-0.25, -0.2) is 0 Å². The third-order valence-corrected chi connectivity index (χ3v) is 1.58. The van der Waals surface area contributed by atoms with Crippen LogP contribution in [-0.4, -0.2) is 31.1 Å². The molecule has 69 valence electrons. The minimum Gasteiger partial charge on any atom is -0.337 e. The monoisotopic (exact) mass is 169 g/mol. The lowest BCUT2D eigenvalue weighted by Gasteiger charge is -2.23. The Morgan fingerprint density at radius 2 is 2.08 bits per heavy atom. The van der Waals surface area contributed by atoms with Crippen LogP contribution in [-0.2, 0) is 4.79 Å². The average molecular weight is 169 g/mol. The Morgan fingerprint density at radius 3 is 2.33 bits per heavy atom. The second kappa shape index (κ2) is 4.93. The van der Waals surface area contributed by atoms with Crippen molar-refractivity contribution in [3.05, 3.63) is 19.1 Å². The first kappa shape index (κ1) is 11.2. The summed E-state index contributed by atoms with van der Waals surface area (Å²) in [4.78, 5) is 13.1. The van der Waals surface area contributed by atoms with Gasteiger partial charge in [-0.05, 0) is 34.4 Å². The molecule has 0 aliphatic heterocycles. The van der Waals surface area contributed by atoms with Gasteiger partial charge in [-0.2, -0.15) is 0 Å². The summed E-state index contributed by atoms with van der Waals surface area (Å²) in [6.45, 7) is 8.97. The highest BCUT2D eigenvalue weighted by Crippen LogP contribution is 1.96. The van der Waals surface area contributed by atoms with Gasteiger partial charge in [0.05, 0.1) is 6.17 Å². The number of amides is 1. The molecule has 0 aromatic carbocycles. The number of nitrogens with one attached hydrogen (secondary N) is 1. The molecule has 12 heavy (non-hydrogen) atoms. The molecule has 0 aliphatic carbocycles. The third-order valence-electron chi connectivity index (χ3n) is 1.58. The van der Waals surface area contributed by atoms with E-state index in [2.05, 4.69) is 18.8 Å². The van der Waals surface area contributed by atoms with Crippen molar-refractivity contribution in [1.29, 1.82) is 0 Å². The van der Waals surface area contributed by atoms with Crippen LogP contribution < -0.4 is 5.32 Å². The van der Waals surface area contributed by atoms with Crippen LogP contribution in [0.5, 0.6) is 0 Å². The second-order valence-corrected chi connectivity index (χ2v) is 3.02. The SMILES string of the molecule is [CH2]CC(NC(=O)C(=C)C)N(C)C. The highest BCUT2D eigenvalue weighted by Gasteiger charge is 2.11. The van der Waals surface area contributed by atoms with Gasteiger partial charge in [0.25, 0.3) is 0 Å². The van der Waals surface area contributed by atoms with E-state index in [9.17, 15) is 4.79 Å². The molecular weight excluding hydrogens is 152 g/mol. The van der Waals surface area contributed by atoms with Gasteiger partial charge in [0, 0.05) is 5.57 Å². The predicted molar refractivity (Wildman–Crippen MR) is 50.4 cm³/mol. The maximum absolute atomic E-state index is 11.2. The summed E-state index contributed by atoms with van der Waals surface area (Å²) in [5.41, 5.74) is 0.523. The van der Waals surface area contributed by atoms with Gasteiger partial charge in [-0.1, -0.05) is 6.58 Å². The van der Waals surface area contributed by atoms with Crippen LogP contribution in [0.2, 0.25) is 0 Å². The van der Waals surface area contributed by atoms with Crippen molar-refractivity contribution in [3.8, 4) is 0 Å². The molecule has 3 nitrogen and oxygen atoms in total. The molecule has 1 radical (unpaired) electrons. The minimum atomic E-state index is -0.114. The van der Waals surface area contributed by atoms with Crippen molar-refractivity contribution in [2.75, 3.05) is 14.1 Å². The van der Waals surface area contributed by atoms with Crippen LogP contribution in [0, 0.1) is 6.92 Å². The van der Waals surface area contributed by atoms with E-state index in [1.807, 2.05) is 19.0 Å². The fraction of sp³-hybridized carbons (Fsp3) is 0.556. The number of hydrogen-bond acceptors (Lipinski definition) is 2. The Bertz CT molecular complexity index is 175. The molecule has 0 spiro atoms. The van der Waals surface area contributed by atoms with E-state index in [4.69, 9.17) is 0 Å². The van der Waals surface area contributed by atoms with Crippen molar-refractivity contribution >= 4 is 5.91 Å². The van der Waals surface area contributed by atoms with Crippen LogP contribution in [0.4, 0.5) is 0 Å². The second-order valence-electron chi connectivity index (χ2n) is 3.02. The van der Waals surface area contributed by atoms with Gasteiger partial charge < -0.3 is 5.32 Å². The van der Waals surface area contributed by atoms with E-state index >= 15 is 0 Å². The van der Waals surface area contributed by atoms with Gasteiger partial charge in [-0.15, -0.1) is 0 Å². The lowest BCUT2D eigenvalue weighted by molar-refractivity contribution is -0.119. The topological polar surface area (TPSA) is 32.3 Å². The summed E-state index contributed by atoms with van der Waals surface area (Å²) in [5, 5.41) is 2.79. The Hall–Kier alpha value is -0.830. The van der Waals surface area contributed by atoms with Crippen molar-refractivity contribution in [2.45, 2.75) is 19.5 Å². The molecule has 0 heterocycles. The van der Waals surface area contributed by atoms with Gasteiger partial charge in [0.15, 0.2) is 0 Å². The third kappa shape index (κ3) is 3.53. The molecule has 0 aromatic heterocycles. The quantitative estimate of drug-likeness (QED) is 0.498. The molecule has 0 bridgehead atoms. The van der Waals surface area contributed by atoms with Crippen molar-refractivity contribution in [2.24, 2.45) is 0 Å². The largest absolute Gasteiger partial charge is 0.337 e. The van der Waals surface area contributed by atoms with Crippen molar-refractivity contribution < 1.29 is 4.79 Å². The Labute approximate surface area is 74.4 Å². The molecule has 0 rings (SSSR count). The summed E-state index contributed by atoms with van der Waals surface area (Å²) in [6, 6.07) is 0. The molecule has 0 fully saturated rings. The summed E-state index contributed by atoms with van der Waals surface area (Å²) >= 11 is 0. The van der Waals surface area contributed by atoms with E-state index in [1.165, 1.54) is 0 Å². The van der Waals surface area contributed by atoms with Crippen LogP contribution in [0.3, 0.4) is 0 Å². The van der Waals surface area contributed by atoms with E-state index < -0.39 is 0 Å². The van der Waals surface area contributed by atoms with Crippen LogP contribution in [0.1, 0.15) is 13.3 Å². The molecule has 1 atom stereocenters. The number of carbonyl (C=O) groups excluding carboxylic acids is 1. The molecule has 0 aliphatic rings. The van der Waals surface area contributed by atoms with Gasteiger partial charge >= 0.3 is 0 Å². The van der Waals surface area contributed by atoms with Crippen LogP contribution >= 0.6 is 0 Å². The summed E-state index contributed by atoms with van der Waals surface area (Å²) in [7, 11) is 3.79. The average Bonchev–Trinajstić information content (AvgIpc) is 1.98. The van der Waals surface area contributed by atoms with E-state index in [0.29, 0.717) is 12.0 Å². The number of nitrogens with zero attached hydrogens (tertiary/aromatic N) is 1. The first-order valence-electron chi connectivity index (χ1n) is 3.91. The van der Waals surface area contributed by atoms with Crippen molar-refractivity contribution in [1.82, 2.24) is 10.2 Å². The maximum atomic E-state index is 11.2. The first-order valence-corrected chi connectivity index (χ1v) is 3.91. The van der Waals surface area contributed by atoms with E-state index in [-0.39, 0.29) is 12.1 Å². The zero-order valence-electron chi connectivity index (χ0n) is 8.05. The molecule has 0 saturated heterocycles. The van der Waals surface area contributed by atoms with Crippen LogP contribution in [0.15, 0.2) is 12.2 Å². The molecule has 0 aromatic rings. The summed E-state index contributed by atoms with van der Waals surface area (Å²) in [6.07, 6.45) is 0.639. The van der Waals surface area contributed by atoms with Crippen LogP contribution in [0.25, 0.3) is 0 Å². The number of hydrogen-bond donors (Lipinski definition) is 1. The van der Waals surface area contributed by atoms with Gasteiger partial charge in [0.1, 0.15) is 0 Å². The first-order chi connectivity index (χ1) is 5.49. The lowest BCUT2D eigenvalue weighted by Crippen LogP contribution is -2.44. The molecule has 0 saturated carbocycles. The lowest BCUT2D eigenvalue weighted by atomic mass is 10.3. The Kier molecular flexibility index (Phi) is 4.59. The highest BCUT2D eigenvalue weighted by atomic mass is 16.1. The van der Waals surface area contributed by atoms with Crippen molar-refractivity contribution in [3.63, 3.8) is 0 Å². The molecular formula is C9H17N2O. The Balaban J connectivity index is 4.03. The zero-order chi connectivity index (χ0) is 9.72. The summed E-state index contributed by atoms with van der Waals surface area (Å²) < 4.78 is 0. The maximum Gasteiger partial charge on any atom is 0.247 e. The Morgan fingerprint density at radius 1 is 1.58 bits per heavy atom. The van der Waals surface area contributed by atoms with E-state index in [0.717, 1.165) is 0 Å². The normalized spacial score (nSPS) is 12.8. The van der Waals surface area contributed by atoms with Gasteiger partial charge in [-0.3, -0.25) is 9.69 Å². The molecule has 3 heteroatoms. The zero-order valence-corrected chi connectivity index (χ0v) is 8.05. The summed E-state index contributed by atoms with van der Waals surface area (Å²) in [5.74, 6) is -0.114. The smallest absolute Gasteiger partial charge is 0.247 e. The fourth-order valence-corrected chi connectivity index (χ4v) is 0.734. The fourth-order valence-electron chi connectivity index (χ4n) is 0.734. The minimum absolute atomic E-state index is 0.00537. The number of rotatable bonds is 4. The predicted octanol–water partition coefficient (Wildman–Crippen LogP) is 0.791. The van der Waals surface area contributed by atoms with E-state index in [1.54, 1.807) is 6.92 Å². The van der Waals surface area contributed by atoms with Gasteiger partial charge in [0.2, 0.25) is 5.91 Å². The molecule has 1 N–H and O–H groups in total. The highest BCUT2D eigenvalue weighted by molar-refractivity contribution is 5.92. The standard InChI is InChI=1S/C9H17N2O/c1-6-8(11(4)5)10-9(12)7(2)3/h8H,1-2,6H2,3-5H3,(H,10,12). The number of carbonyl (C=O) groups is 1. The molecule has 1 unspecified atom stereocenters.